The predicted octanol–water partition coefficient (Wildman–Crippen LogP) is 4.55. The summed E-state index contributed by atoms with van der Waals surface area (Å²) < 4.78 is 45.3. The maximum absolute atomic E-state index is 13.0. The third kappa shape index (κ3) is 5.95. The van der Waals surface area contributed by atoms with Crippen LogP contribution >= 0.6 is 0 Å². The number of aromatic nitrogens is 2. The zero-order valence-corrected chi connectivity index (χ0v) is 17.4. The number of carbonyl (C=O) groups excluding carboxylic acids is 1. The van der Waals surface area contributed by atoms with Crippen LogP contribution in [0.15, 0.2) is 60.9 Å². The maximum Gasteiger partial charge on any atom is 0.416 e. The molecule has 0 fully saturated rings. The van der Waals surface area contributed by atoms with Crippen LogP contribution < -0.4 is 0 Å². The lowest BCUT2D eigenvalue weighted by Crippen LogP contribution is -2.34. The standard InChI is InChI=1S/C23H24F3N3O2/c1-17-3-7-19(8-4-17)22(30)29(13-14-31-2)16-21-27-11-12-28(21)15-18-5-9-20(10-6-18)23(24,25)26/h3-12H,13-16H2,1-2H3. The largest absolute Gasteiger partial charge is 0.416 e. The average molecular weight is 431 g/mol. The molecule has 0 aliphatic heterocycles. The Morgan fingerprint density at radius 3 is 2.39 bits per heavy atom. The lowest BCUT2D eigenvalue weighted by molar-refractivity contribution is -0.137. The van der Waals surface area contributed by atoms with Crippen molar-refractivity contribution >= 4 is 5.91 Å². The zero-order valence-electron chi connectivity index (χ0n) is 17.4. The SMILES string of the molecule is COCCN(Cc1nccn1Cc1ccc(C(F)(F)F)cc1)C(=O)c1ccc(C)cc1. The number of hydrogen-bond acceptors (Lipinski definition) is 3. The number of methoxy groups -OCH3 is 1. The lowest BCUT2D eigenvalue weighted by atomic mass is 10.1. The summed E-state index contributed by atoms with van der Waals surface area (Å²) in [5, 5.41) is 0. The van der Waals surface area contributed by atoms with Gasteiger partial charge in [-0.3, -0.25) is 4.79 Å². The van der Waals surface area contributed by atoms with E-state index < -0.39 is 11.7 Å². The fourth-order valence-corrected chi connectivity index (χ4v) is 3.13. The van der Waals surface area contributed by atoms with Gasteiger partial charge < -0.3 is 14.2 Å². The van der Waals surface area contributed by atoms with Crippen molar-refractivity contribution in [3.8, 4) is 0 Å². The first kappa shape index (κ1) is 22.6. The van der Waals surface area contributed by atoms with Gasteiger partial charge in [-0.2, -0.15) is 13.2 Å². The van der Waals surface area contributed by atoms with Gasteiger partial charge in [-0.1, -0.05) is 29.8 Å². The first-order chi connectivity index (χ1) is 14.8. The van der Waals surface area contributed by atoms with Crippen LogP contribution in [0.5, 0.6) is 0 Å². The fourth-order valence-electron chi connectivity index (χ4n) is 3.13. The van der Waals surface area contributed by atoms with Gasteiger partial charge in [-0.15, -0.1) is 0 Å². The summed E-state index contributed by atoms with van der Waals surface area (Å²) in [7, 11) is 1.57. The van der Waals surface area contributed by atoms with Crippen molar-refractivity contribution in [1.82, 2.24) is 14.5 Å². The number of rotatable bonds is 8. The highest BCUT2D eigenvalue weighted by molar-refractivity contribution is 5.94. The first-order valence-corrected chi connectivity index (χ1v) is 9.79. The van der Waals surface area contributed by atoms with Crippen molar-refractivity contribution in [3.05, 3.63) is 89.0 Å². The number of amides is 1. The van der Waals surface area contributed by atoms with Crippen molar-refractivity contribution in [3.63, 3.8) is 0 Å². The third-order valence-electron chi connectivity index (χ3n) is 4.92. The number of aryl methyl sites for hydroxylation is 1. The van der Waals surface area contributed by atoms with E-state index >= 15 is 0 Å². The summed E-state index contributed by atoms with van der Waals surface area (Å²) in [5.41, 5.74) is 1.66. The van der Waals surface area contributed by atoms with Crippen molar-refractivity contribution < 1.29 is 22.7 Å². The quantitative estimate of drug-likeness (QED) is 0.526. The number of ether oxygens (including phenoxy) is 1. The van der Waals surface area contributed by atoms with Gasteiger partial charge in [0.05, 0.1) is 18.7 Å². The predicted molar refractivity (Wildman–Crippen MR) is 111 cm³/mol. The van der Waals surface area contributed by atoms with Crippen molar-refractivity contribution in [2.24, 2.45) is 0 Å². The van der Waals surface area contributed by atoms with E-state index in [-0.39, 0.29) is 12.5 Å². The van der Waals surface area contributed by atoms with Crippen LogP contribution in [0.2, 0.25) is 0 Å². The van der Waals surface area contributed by atoms with Gasteiger partial charge >= 0.3 is 6.18 Å². The minimum absolute atomic E-state index is 0.138. The van der Waals surface area contributed by atoms with E-state index in [2.05, 4.69) is 4.98 Å². The van der Waals surface area contributed by atoms with Crippen molar-refractivity contribution in [2.45, 2.75) is 26.2 Å². The number of benzene rings is 2. The highest BCUT2D eigenvalue weighted by atomic mass is 19.4. The molecule has 0 bridgehead atoms. The molecule has 31 heavy (non-hydrogen) atoms. The van der Waals surface area contributed by atoms with E-state index in [9.17, 15) is 18.0 Å². The Labute approximate surface area is 179 Å². The Morgan fingerprint density at radius 2 is 1.77 bits per heavy atom. The number of halogens is 3. The topological polar surface area (TPSA) is 47.4 Å². The highest BCUT2D eigenvalue weighted by Gasteiger charge is 2.30. The molecule has 0 saturated heterocycles. The van der Waals surface area contributed by atoms with Crippen LogP contribution in [-0.2, 0) is 24.0 Å². The van der Waals surface area contributed by atoms with Gasteiger partial charge in [-0.25, -0.2) is 4.98 Å². The van der Waals surface area contributed by atoms with Crippen LogP contribution in [0, 0.1) is 6.92 Å². The molecule has 5 nitrogen and oxygen atoms in total. The van der Waals surface area contributed by atoms with E-state index in [0.29, 0.717) is 36.6 Å². The Balaban J connectivity index is 1.76. The number of carbonyl (C=O) groups is 1. The van der Waals surface area contributed by atoms with Crippen LogP contribution in [0.3, 0.4) is 0 Å². The maximum atomic E-state index is 13.0. The summed E-state index contributed by atoms with van der Waals surface area (Å²) in [5.74, 6) is 0.498. The smallest absolute Gasteiger partial charge is 0.383 e. The first-order valence-electron chi connectivity index (χ1n) is 9.79. The highest BCUT2D eigenvalue weighted by Crippen LogP contribution is 2.29. The van der Waals surface area contributed by atoms with Crippen LogP contribution in [0.25, 0.3) is 0 Å². The minimum atomic E-state index is -4.36. The number of imidazole rings is 1. The summed E-state index contributed by atoms with van der Waals surface area (Å²) in [6.07, 6.45) is -1.00. The molecule has 1 heterocycles. The molecule has 3 rings (SSSR count). The normalized spacial score (nSPS) is 11.5. The van der Waals surface area contributed by atoms with Gasteiger partial charge in [0.15, 0.2) is 0 Å². The molecule has 0 atom stereocenters. The van der Waals surface area contributed by atoms with Crippen LogP contribution in [0.4, 0.5) is 13.2 Å². The molecule has 8 heteroatoms. The summed E-state index contributed by atoms with van der Waals surface area (Å²) in [4.78, 5) is 19.0. The lowest BCUT2D eigenvalue weighted by Gasteiger charge is -2.23. The van der Waals surface area contributed by atoms with Crippen molar-refractivity contribution in [2.75, 3.05) is 20.3 Å². The van der Waals surface area contributed by atoms with Crippen molar-refractivity contribution in [1.29, 1.82) is 0 Å². The second kappa shape index (κ2) is 9.78. The molecule has 0 unspecified atom stereocenters. The average Bonchev–Trinajstić information content (AvgIpc) is 3.17. The van der Waals surface area contributed by atoms with E-state index in [0.717, 1.165) is 17.7 Å². The molecule has 164 valence electrons. The molecule has 0 aliphatic carbocycles. The van der Waals surface area contributed by atoms with Gasteiger partial charge in [0.2, 0.25) is 0 Å². The molecular weight excluding hydrogens is 407 g/mol. The third-order valence-corrected chi connectivity index (χ3v) is 4.92. The summed E-state index contributed by atoms with van der Waals surface area (Å²) >= 11 is 0. The zero-order chi connectivity index (χ0) is 22.4. The van der Waals surface area contributed by atoms with E-state index in [4.69, 9.17) is 4.74 Å². The summed E-state index contributed by atoms with van der Waals surface area (Å²) in [6, 6.07) is 12.4. The Kier molecular flexibility index (Phi) is 7.12. The Bertz CT molecular complexity index is 996. The Morgan fingerprint density at radius 1 is 1.10 bits per heavy atom. The summed E-state index contributed by atoms with van der Waals surface area (Å²) in [6.45, 7) is 3.32. The van der Waals surface area contributed by atoms with Crippen LogP contribution in [0.1, 0.15) is 32.9 Å². The number of hydrogen-bond donors (Lipinski definition) is 0. The molecule has 2 aromatic carbocycles. The molecule has 0 aliphatic rings. The molecule has 0 N–H and O–H groups in total. The minimum Gasteiger partial charge on any atom is -0.383 e. The number of alkyl halides is 3. The van der Waals surface area contributed by atoms with E-state index in [1.54, 1.807) is 36.5 Å². The monoisotopic (exact) mass is 431 g/mol. The molecule has 1 aromatic heterocycles. The second-order valence-electron chi connectivity index (χ2n) is 7.25. The second-order valence-corrected chi connectivity index (χ2v) is 7.25. The van der Waals surface area contributed by atoms with Gasteiger partial charge in [0, 0.05) is 38.2 Å². The van der Waals surface area contributed by atoms with Gasteiger partial charge in [-0.05, 0) is 36.8 Å². The van der Waals surface area contributed by atoms with Crippen LogP contribution in [-0.4, -0.2) is 40.6 Å². The van der Waals surface area contributed by atoms with E-state index in [1.807, 2.05) is 23.6 Å². The molecule has 3 aromatic rings. The molecular formula is C23H24F3N3O2. The molecule has 0 radical (unpaired) electrons. The molecule has 1 amide bonds. The van der Waals surface area contributed by atoms with E-state index in [1.165, 1.54) is 12.1 Å². The number of nitrogens with zero attached hydrogens (tertiary/aromatic N) is 3. The van der Waals surface area contributed by atoms with Gasteiger partial charge in [0.25, 0.3) is 5.91 Å². The molecule has 0 saturated carbocycles. The fraction of sp³-hybridized carbons (Fsp3) is 0.304. The Hall–Kier alpha value is -3.13. The molecule has 0 spiro atoms. The van der Waals surface area contributed by atoms with Gasteiger partial charge in [0.1, 0.15) is 5.82 Å².